The summed E-state index contributed by atoms with van der Waals surface area (Å²) in [5.74, 6) is -0.568. The van der Waals surface area contributed by atoms with Gasteiger partial charge in [-0.1, -0.05) is 43.2 Å². The van der Waals surface area contributed by atoms with E-state index < -0.39 is 17.4 Å². The van der Waals surface area contributed by atoms with Crippen LogP contribution in [0.3, 0.4) is 0 Å². The number of carboxylic acids is 1. The Labute approximate surface area is 204 Å². The summed E-state index contributed by atoms with van der Waals surface area (Å²) in [6.45, 7) is 8.90. The maximum absolute atomic E-state index is 13.8. The van der Waals surface area contributed by atoms with Gasteiger partial charge in [0.2, 0.25) is 0 Å². The van der Waals surface area contributed by atoms with Crippen molar-refractivity contribution in [3.8, 4) is 0 Å². The van der Waals surface area contributed by atoms with Crippen LogP contribution in [0.15, 0.2) is 45.6 Å². The number of esters is 1. The first-order valence-electron chi connectivity index (χ1n) is 12.1. The Bertz CT molecular complexity index is 1340. The normalized spacial score (nSPS) is 17.4. The van der Waals surface area contributed by atoms with Crippen LogP contribution < -0.4 is 5.43 Å². The Morgan fingerprint density at radius 3 is 2.34 bits per heavy atom. The van der Waals surface area contributed by atoms with Crippen molar-refractivity contribution in [3.63, 3.8) is 0 Å². The first-order chi connectivity index (χ1) is 16.5. The highest BCUT2D eigenvalue weighted by Crippen LogP contribution is 2.55. The van der Waals surface area contributed by atoms with Gasteiger partial charge < -0.3 is 14.3 Å². The van der Waals surface area contributed by atoms with Gasteiger partial charge in [0, 0.05) is 17.0 Å². The van der Waals surface area contributed by atoms with E-state index in [9.17, 15) is 19.5 Å². The van der Waals surface area contributed by atoms with Crippen LogP contribution in [-0.4, -0.2) is 17.0 Å². The molecule has 2 atom stereocenters. The van der Waals surface area contributed by atoms with Gasteiger partial charge in [0.25, 0.3) is 0 Å². The number of hydrogen-bond donors (Lipinski definition) is 1. The standard InChI is InChI=1S/C29H32O6/c1-6-7-19-25(30)24-22(15-34-28(33)29(3,4)5)18(27(31)32)12-13-23(24)35-26(19)21-14-20(21)17-10-8-16(2)9-11-17/h8-13,20-21H,6-7,14-15H2,1-5H3,(H,31,32). The van der Waals surface area contributed by atoms with Gasteiger partial charge in [-0.15, -0.1) is 0 Å². The van der Waals surface area contributed by atoms with Gasteiger partial charge in [-0.25, -0.2) is 4.79 Å². The predicted molar refractivity (Wildman–Crippen MR) is 134 cm³/mol. The van der Waals surface area contributed by atoms with E-state index >= 15 is 0 Å². The number of ether oxygens (including phenoxy) is 1. The van der Waals surface area contributed by atoms with Crippen molar-refractivity contribution in [2.75, 3.05) is 0 Å². The van der Waals surface area contributed by atoms with Crippen LogP contribution in [0, 0.1) is 12.3 Å². The van der Waals surface area contributed by atoms with E-state index in [0.29, 0.717) is 23.3 Å². The molecule has 0 radical (unpaired) electrons. The fourth-order valence-corrected chi connectivity index (χ4v) is 4.56. The maximum atomic E-state index is 13.8. The molecule has 35 heavy (non-hydrogen) atoms. The van der Waals surface area contributed by atoms with E-state index in [1.807, 2.05) is 6.92 Å². The van der Waals surface area contributed by atoms with Crippen LogP contribution in [0.1, 0.15) is 90.7 Å². The molecule has 6 heteroatoms. The summed E-state index contributed by atoms with van der Waals surface area (Å²) in [6, 6.07) is 11.4. The van der Waals surface area contributed by atoms with Crippen molar-refractivity contribution in [1.82, 2.24) is 0 Å². The molecule has 0 aliphatic heterocycles. The third-order valence-corrected chi connectivity index (χ3v) is 6.62. The minimum atomic E-state index is -1.18. The van der Waals surface area contributed by atoms with Crippen LogP contribution >= 0.6 is 0 Å². The van der Waals surface area contributed by atoms with E-state index in [4.69, 9.17) is 9.15 Å². The zero-order valence-corrected chi connectivity index (χ0v) is 20.9. The number of benzene rings is 2. The largest absolute Gasteiger partial charge is 0.478 e. The number of aromatic carboxylic acids is 1. The van der Waals surface area contributed by atoms with Gasteiger partial charge in [0.05, 0.1) is 16.4 Å². The molecule has 0 bridgehead atoms. The van der Waals surface area contributed by atoms with Crippen LogP contribution in [0.4, 0.5) is 0 Å². The first kappa shape index (κ1) is 24.7. The molecule has 0 spiro atoms. The topological polar surface area (TPSA) is 93.8 Å². The summed E-state index contributed by atoms with van der Waals surface area (Å²) in [4.78, 5) is 38.1. The van der Waals surface area contributed by atoms with Gasteiger partial charge >= 0.3 is 11.9 Å². The number of fused-ring (bicyclic) bond motifs is 1. The lowest BCUT2D eigenvalue weighted by Gasteiger charge is -2.18. The third kappa shape index (κ3) is 4.88. The Kier molecular flexibility index (Phi) is 6.58. The van der Waals surface area contributed by atoms with E-state index in [1.54, 1.807) is 20.8 Å². The molecule has 1 fully saturated rings. The third-order valence-electron chi connectivity index (χ3n) is 6.62. The lowest BCUT2D eigenvalue weighted by Crippen LogP contribution is -2.24. The number of aryl methyl sites for hydroxylation is 1. The molecule has 2 aromatic carbocycles. The van der Waals surface area contributed by atoms with Crippen molar-refractivity contribution < 1.29 is 23.8 Å². The second kappa shape index (κ2) is 9.33. The molecule has 3 aromatic rings. The summed E-state index contributed by atoms with van der Waals surface area (Å²) in [5, 5.41) is 9.96. The summed E-state index contributed by atoms with van der Waals surface area (Å²) in [5.41, 5.74) is 2.46. The highest BCUT2D eigenvalue weighted by atomic mass is 16.5. The van der Waals surface area contributed by atoms with E-state index in [2.05, 4.69) is 31.2 Å². The molecular formula is C29H32O6. The van der Waals surface area contributed by atoms with Gasteiger partial charge in [0.1, 0.15) is 18.0 Å². The van der Waals surface area contributed by atoms with E-state index in [-0.39, 0.29) is 40.4 Å². The highest BCUT2D eigenvalue weighted by molar-refractivity contribution is 5.96. The van der Waals surface area contributed by atoms with Crippen LogP contribution in [0.25, 0.3) is 11.0 Å². The van der Waals surface area contributed by atoms with Crippen LogP contribution in [0.2, 0.25) is 0 Å². The maximum Gasteiger partial charge on any atom is 0.336 e. The molecule has 184 valence electrons. The summed E-state index contributed by atoms with van der Waals surface area (Å²) >= 11 is 0. The van der Waals surface area contributed by atoms with Gasteiger partial charge in [0.15, 0.2) is 5.43 Å². The molecular weight excluding hydrogens is 444 g/mol. The predicted octanol–water partition coefficient (Wildman–Crippen LogP) is 6.11. The average Bonchev–Trinajstić information content (AvgIpc) is 3.59. The van der Waals surface area contributed by atoms with Crippen LogP contribution in [0.5, 0.6) is 0 Å². The number of hydrogen-bond acceptors (Lipinski definition) is 5. The van der Waals surface area contributed by atoms with Crippen molar-refractivity contribution in [2.45, 2.75) is 72.3 Å². The summed E-state index contributed by atoms with van der Waals surface area (Å²) < 4.78 is 11.8. The van der Waals surface area contributed by atoms with Crippen molar-refractivity contribution in [1.29, 1.82) is 0 Å². The molecule has 4 rings (SSSR count). The SMILES string of the molecule is CCCc1c(C2CC2c2ccc(C)cc2)oc2ccc(C(=O)O)c(COC(=O)C(C)(C)C)c2c1=O. The molecule has 1 aromatic heterocycles. The lowest BCUT2D eigenvalue weighted by molar-refractivity contribution is -0.154. The molecule has 1 N–H and O–H groups in total. The Morgan fingerprint density at radius 1 is 1.06 bits per heavy atom. The second-order valence-electron chi connectivity index (χ2n) is 10.5. The van der Waals surface area contributed by atoms with E-state index in [0.717, 1.165) is 12.8 Å². The molecule has 1 aliphatic carbocycles. The van der Waals surface area contributed by atoms with Gasteiger partial charge in [-0.3, -0.25) is 9.59 Å². The molecule has 1 heterocycles. The monoisotopic (exact) mass is 476 g/mol. The molecule has 1 aliphatic rings. The number of rotatable bonds is 7. The van der Waals surface area contributed by atoms with Crippen molar-refractivity contribution in [2.24, 2.45) is 5.41 Å². The Hall–Kier alpha value is -3.41. The minimum Gasteiger partial charge on any atom is -0.478 e. The van der Waals surface area contributed by atoms with Crippen LogP contribution in [-0.2, 0) is 22.6 Å². The zero-order valence-electron chi connectivity index (χ0n) is 20.9. The number of carbonyl (C=O) groups is 2. The average molecular weight is 477 g/mol. The fraction of sp³-hybridized carbons (Fsp3) is 0.414. The summed E-state index contributed by atoms with van der Waals surface area (Å²) in [7, 11) is 0. The molecule has 1 saturated carbocycles. The number of carboxylic acid groups (broad SMARTS) is 1. The summed E-state index contributed by atoms with van der Waals surface area (Å²) in [6.07, 6.45) is 2.18. The first-order valence-corrected chi connectivity index (χ1v) is 12.1. The Morgan fingerprint density at radius 2 is 1.74 bits per heavy atom. The second-order valence-corrected chi connectivity index (χ2v) is 10.5. The van der Waals surface area contributed by atoms with Crippen molar-refractivity contribution in [3.05, 3.63) is 80.2 Å². The molecule has 6 nitrogen and oxygen atoms in total. The lowest BCUT2D eigenvalue weighted by atomic mass is 9.96. The molecule has 0 amide bonds. The van der Waals surface area contributed by atoms with Gasteiger partial charge in [-0.2, -0.15) is 0 Å². The molecule has 0 saturated heterocycles. The molecule has 2 unspecified atom stereocenters. The highest BCUT2D eigenvalue weighted by Gasteiger charge is 2.43. The Balaban J connectivity index is 1.82. The zero-order chi connectivity index (χ0) is 25.5. The van der Waals surface area contributed by atoms with E-state index in [1.165, 1.54) is 23.3 Å². The fourth-order valence-electron chi connectivity index (χ4n) is 4.56. The number of carbonyl (C=O) groups excluding carboxylic acids is 1. The van der Waals surface area contributed by atoms with Gasteiger partial charge in [-0.05, 0) is 64.2 Å². The quantitative estimate of drug-likeness (QED) is 0.413. The van der Waals surface area contributed by atoms with Crippen molar-refractivity contribution >= 4 is 22.9 Å². The smallest absolute Gasteiger partial charge is 0.336 e. The minimum absolute atomic E-state index is 0.0642.